The maximum atomic E-state index is 12.7. The zero-order chi connectivity index (χ0) is 21.1. The van der Waals surface area contributed by atoms with E-state index < -0.39 is 41.8 Å². The largest absolute Gasteiger partial charge is 0.480 e. The summed E-state index contributed by atoms with van der Waals surface area (Å²) in [5, 5.41) is 16.4. The van der Waals surface area contributed by atoms with Gasteiger partial charge >= 0.3 is 5.97 Å². The molecule has 0 aliphatic rings. The zero-order valence-corrected chi connectivity index (χ0v) is 16.5. The van der Waals surface area contributed by atoms with Crippen LogP contribution in [0, 0.1) is 0 Å². The average molecular weight is 414 g/mol. The van der Waals surface area contributed by atoms with Crippen molar-refractivity contribution in [3.63, 3.8) is 0 Å². The summed E-state index contributed by atoms with van der Waals surface area (Å²) in [7, 11) is 0. The Balaban J connectivity index is 2.87. The lowest BCUT2D eigenvalue weighted by molar-refractivity contribution is -0.141. The second-order valence-electron chi connectivity index (χ2n) is 6.02. The first kappa shape index (κ1) is 23.4. The minimum atomic E-state index is -1.18. The van der Waals surface area contributed by atoms with Crippen LogP contribution in [0.15, 0.2) is 12.5 Å². The average Bonchev–Trinajstić information content (AvgIpc) is 3.16. The number of nitrogens with two attached hydrogens (primary N) is 1. The number of carbonyl (C=O) groups is 4. The molecule has 3 amide bonds. The molecule has 3 unspecified atom stereocenters. The fraction of sp³-hybridized carbons (Fsp3) is 0.562. The van der Waals surface area contributed by atoms with E-state index in [0.717, 1.165) is 0 Å². The van der Waals surface area contributed by atoms with Crippen LogP contribution in [0.4, 0.5) is 0 Å². The molecule has 12 heteroatoms. The van der Waals surface area contributed by atoms with Crippen molar-refractivity contribution in [2.75, 3.05) is 18.6 Å². The Morgan fingerprint density at radius 2 is 1.89 bits per heavy atom. The van der Waals surface area contributed by atoms with Gasteiger partial charge in [0.15, 0.2) is 0 Å². The Hall–Kier alpha value is -2.60. The number of amides is 3. The highest BCUT2D eigenvalue weighted by Crippen LogP contribution is 2.05. The fourth-order valence-corrected chi connectivity index (χ4v) is 2.70. The summed E-state index contributed by atoms with van der Waals surface area (Å²) >= 11 is 1.48. The van der Waals surface area contributed by atoms with Crippen molar-refractivity contribution in [2.24, 2.45) is 5.73 Å². The molecular formula is C16H26N6O5S. The van der Waals surface area contributed by atoms with Crippen molar-refractivity contribution in [1.82, 2.24) is 25.9 Å². The Morgan fingerprint density at radius 3 is 2.43 bits per heavy atom. The number of thioether (sulfide) groups is 1. The van der Waals surface area contributed by atoms with Crippen molar-refractivity contribution >= 4 is 35.5 Å². The minimum absolute atomic E-state index is 0.125. The summed E-state index contributed by atoms with van der Waals surface area (Å²) in [6, 6.07) is -3.02. The zero-order valence-electron chi connectivity index (χ0n) is 15.7. The molecule has 0 saturated heterocycles. The molecule has 1 heterocycles. The number of aliphatic carboxylic acids is 1. The second kappa shape index (κ2) is 12.0. The molecule has 11 nitrogen and oxygen atoms in total. The third kappa shape index (κ3) is 7.96. The van der Waals surface area contributed by atoms with Crippen molar-refractivity contribution in [3.05, 3.63) is 18.2 Å². The Bertz CT molecular complexity index is 668. The predicted molar refractivity (Wildman–Crippen MR) is 103 cm³/mol. The number of carboxylic acid groups (broad SMARTS) is 1. The van der Waals surface area contributed by atoms with Crippen LogP contribution in [0.3, 0.4) is 0 Å². The Labute approximate surface area is 166 Å². The van der Waals surface area contributed by atoms with Crippen LogP contribution in [0.5, 0.6) is 0 Å². The maximum Gasteiger partial charge on any atom is 0.325 e. The number of hydrogen-bond acceptors (Lipinski definition) is 7. The van der Waals surface area contributed by atoms with Crippen molar-refractivity contribution in [1.29, 1.82) is 0 Å². The summed E-state index contributed by atoms with van der Waals surface area (Å²) in [5.74, 6) is -2.33. The van der Waals surface area contributed by atoms with Crippen LogP contribution in [0.1, 0.15) is 19.0 Å². The molecule has 1 aromatic rings. The topological polar surface area (TPSA) is 179 Å². The minimum Gasteiger partial charge on any atom is -0.480 e. The van der Waals surface area contributed by atoms with Gasteiger partial charge in [-0.15, -0.1) is 0 Å². The van der Waals surface area contributed by atoms with Gasteiger partial charge in [-0.1, -0.05) is 0 Å². The number of imidazole rings is 1. The normalized spacial score (nSPS) is 13.8. The number of rotatable bonds is 12. The first-order valence-electron chi connectivity index (χ1n) is 8.57. The number of aromatic amines is 1. The van der Waals surface area contributed by atoms with Crippen molar-refractivity contribution < 1.29 is 24.3 Å². The summed E-state index contributed by atoms with van der Waals surface area (Å²) in [5.41, 5.74) is 5.92. The SMILES string of the molecule is CSCCC(NC(=O)C(Cc1cnc[nH]1)NC(=O)CN)C(=O)NC(C)C(=O)O. The molecular weight excluding hydrogens is 388 g/mol. The third-order valence-corrected chi connectivity index (χ3v) is 4.43. The van der Waals surface area contributed by atoms with Crippen molar-refractivity contribution in [2.45, 2.75) is 37.9 Å². The number of aromatic nitrogens is 2. The number of nitrogens with one attached hydrogen (secondary N) is 4. The number of H-pyrrole nitrogens is 1. The molecule has 28 heavy (non-hydrogen) atoms. The van der Waals surface area contributed by atoms with Gasteiger partial charge in [0, 0.05) is 18.3 Å². The van der Waals surface area contributed by atoms with Gasteiger partial charge in [-0.05, 0) is 25.4 Å². The van der Waals surface area contributed by atoms with Gasteiger partial charge in [0.25, 0.3) is 0 Å². The standard InChI is InChI=1S/C16H26N6O5S/c1-9(16(26)27)20-14(24)11(3-4-28-2)22-15(25)12(21-13(23)6-17)5-10-7-18-8-19-10/h7-9,11-12H,3-6,17H2,1-2H3,(H,18,19)(H,20,24)(H,21,23)(H,22,25)(H,26,27). The van der Waals surface area contributed by atoms with E-state index in [1.807, 2.05) is 6.26 Å². The number of hydrogen-bond donors (Lipinski definition) is 6. The van der Waals surface area contributed by atoms with Crippen LogP contribution in [0.2, 0.25) is 0 Å². The molecule has 156 valence electrons. The van der Waals surface area contributed by atoms with E-state index in [1.54, 1.807) is 0 Å². The third-order valence-electron chi connectivity index (χ3n) is 3.79. The molecule has 0 aromatic carbocycles. The Kier molecular flexibility index (Phi) is 10.0. The molecule has 7 N–H and O–H groups in total. The van der Waals surface area contributed by atoms with Crippen molar-refractivity contribution in [3.8, 4) is 0 Å². The lowest BCUT2D eigenvalue weighted by Gasteiger charge is -2.23. The summed E-state index contributed by atoms with van der Waals surface area (Å²) < 4.78 is 0. The summed E-state index contributed by atoms with van der Waals surface area (Å²) in [6.07, 6.45) is 5.23. The number of carbonyl (C=O) groups excluding carboxylic acids is 3. The quantitative estimate of drug-likeness (QED) is 0.232. The van der Waals surface area contributed by atoms with E-state index in [0.29, 0.717) is 17.9 Å². The van der Waals surface area contributed by atoms with Crippen LogP contribution >= 0.6 is 11.8 Å². The first-order valence-corrected chi connectivity index (χ1v) is 9.97. The van der Waals surface area contributed by atoms with Crippen LogP contribution in [0.25, 0.3) is 0 Å². The van der Waals surface area contributed by atoms with Crippen LogP contribution in [-0.4, -0.2) is 75.4 Å². The molecule has 1 rings (SSSR count). The van der Waals surface area contributed by atoms with Gasteiger partial charge in [0.1, 0.15) is 18.1 Å². The van der Waals surface area contributed by atoms with Crippen LogP contribution < -0.4 is 21.7 Å². The first-order chi connectivity index (χ1) is 13.3. The predicted octanol–water partition coefficient (Wildman–Crippen LogP) is -1.78. The van der Waals surface area contributed by atoms with Gasteiger partial charge in [-0.3, -0.25) is 19.2 Å². The van der Waals surface area contributed by atoms with E-state index in [4.69, 9.17) is 10.8 Å². The second-order valence-corrected chi connectivity index (χ2v) is 7.00. The summed E-state index contributed by atoms with van der Waals surface area (Å²) in [4.78, 5) is 54.5. The molecule has 3 atom stereocenters. The number of nitrogens with zero attached hydrogens (tertiary/aromatic N) is 1. The smallest absolute Gasteiger partial charge is 0.325 e. The lowest BCUT2D eigenvalue weighted by atomic mass is 10.1. The summed E-state index contributed by atoms with van der Waals surface area (Å²) in [6.45, 7) is 1.04. The molecule has 0 aliphatic heterocycles. The highest BCUT2D eigenvalue weighted by atomic mass is 32.2. The molecule has 0 radical (unpaired) electrons. The van der Waals surface area contributed by atoms with Gasteiger partial charge in [0.2, 0.25) is 17.7 Å². The molecule has 0 spiro atoms. The number of carboxylic acids is 1. The maximum absolute atomic E-state index is 12.7. The lowest BCUT2D eigenvalue weighted by Crippen LogP contribution is -2.56. The van der Waals surface area contributed by atoms with E-state index in [-0.39, 0.29) is 13.0 Å². The van der Waals surface area contributed by atoms with Gasteiger partial charge in [0.05, 0.1) is 12.9 Å². The van der Waals surface area contributed by atoms with E-state index in [2.05, 4.69) is 25.9 Å². The molecule has 0 aliphatic carbocycles. The molecule has 0 fully saturated rings. The Morgan fingerprint density at radius 1 is 1.21 bits per heavy atom. The van der Waals surface area contributed by atoms with E-state index in [9.17, 15) is 19.2 Å². The van der Waals surface area contributed by atoms with E-state index in [1.165, 1.54) is 31.2 Å². The molecule has 1 aromatic heterocycles. The van der Waals surface area contributed by atoms with Crippen LogP contribution in [-0.2, 0) is 25.6 Å². The molecule has 0 bridgehead atoms. The highest BCUT2D eigenvalue weighted by molar-refractivity contribution is 7.98. The van der Waals surface area contributed by atoms with Gasteiger partial charge in [-0.2, -0.15) is 11.8 Å². The van der Waals surface area contributed by atoms with E-state index >= 15 is 0 Å². The molecule has 0 saturated carbocycles. The van der Waals surface area contributed by atoms with Gasteiger partial charge < -0.3 is 31.8 Å². The highest BCUT2D eigenvalue weighted by Gasteiger charge is 2.28. The fourth-order valence-electron chi connectivity index (χ4n) is 2.23. The monoisotopic (exact) mass is 414 g/mol. The van der Waals surface area contributed by atoms with Gasteiger partial charge in [-0.25, -0.2) is 4.98 Å².